The number of likely N-dealkylation sites (tertiary alicyclic amines) is 1. The highest BCUT2D eigenvalue weighted by atomic mass is 16.5. The molecule has 2 aliphatic rings. The molecule has 8 heteroatoms. The van der Waals surface area contributed by atoms with Crippen molar-refractivity contribution in [1.82, 2.24) is 19.7 Å². The van der Waals surface area contributed by atoms with Crippen LogP contribution in [0.2, 0.25) is 0 Å². The first-order valence-electron chi connectivity index (χ1n) is 12.6. The molecule has 3 heterocycles. The van der Waals surface area contributed by atoms with Crippen molar-refractivity contribution in [3.05, 3.63) is 59.3 Å². The molecule has 0 bridgehead atoms. The summed E-state index contributed by atoms with van der Waals surface area (Å²) in [6.45, 7) is 5.58. The molecule has 1 saturated heterocycles. The van der Waals surface area contributed by atoms with Crippen molar-refractivity contribution in [2.45, 2.75) is 31.3 Å². The Morgan fingerprint density at radius 2 is 1.86 bits per heavy atom. The van der Waals surface area contributed by atoms with E-state index in [0.29, 0.717) is 13.1 Å². The number of carbonyl (C=O) groups excluding carboxylic acids is 1. The minimum absolute atomic E-state index is 0.116. The van der Waals surface area contributed by atoms with Crippen LogP contribution in [0.3, 0.4) is 0 Å². The van der Waals surface area contributed by atoms with E-state index in [1.54, 1.807) is 14.2 Å². The predicted octanol–water partition coefficient (Wildman–Crippen LogP) is 3.42. The summed E-state index contributed by atoms with van der Waals surface area (Å²) < 4.78 is 13.0. The van der Waals surface area contributed by atoms with Gasteiger partial charge in [0, 0.05) is 62.3 Å². The minimum Gasteiger partial charge on any atom is -0.497 e. The van der Waals surface area contributed by atoms with Crippen LogP contribution < -0.4 is 14.8 Å². The molecule has 0 unspecified atom stereocenters. The number of ether oxygens (including phenoxy) is 2. The fourth-order valence-corrected chi connectivity index (χ4v) is 6.11. The van der Waals surface area contributed by atoms with E-state index in [4.69, 9.17) is 9.47 Å². The Morgan fingerprint density at radius 1 is 1.11 bits per heavy atom. The maximum Gasteiger partial charge on any atom is 0.318 e. The molecule has 1 aromatic heterocycles. The smallest absolute Gasteiger partial charge is 0.318 e. The maximum atomic E-state index is 13.3. The number of nitrogens with one attached hydrogen (secondary N) is 1. The third-order valence-electron chi connectivity index (χ3n) is 7.70. The predicted molar refractivity (Wildman–Crippen MR) is 140 cm³/mol. The van der Waals surface area contributed by atoms with E-state index in [0.717, 1.165) is 48.8 Å². The Balaban J connectivity index is 1.55. The van der Waals surface area contributed by atoms with Gasteiger partial charge in [0.25, 0.3) is 0 Å². The largest absolute Gasteiger partial charge is 0.497 e. The lowest BCUT2D eigenvalue weighted by molar-refractivity contribution is 0.00550. The molecule has 192 valence electrons. The van der Waals surface area contributed by atoms with Crippen LogP contribution in [0.5, 0.6) is 11.5 Å². The summed E-state index contributed by atoms with van der Waals surface area (Å²) in [5, 5.41) is 14.7. The van der Waals surface area contributed by atoms with Gasteiger partial charge in [0.05, 0.1) is 32.4 Å². The fourth-order valence-electron chi connectivity index (χ4n) is 6.11. The highest BCUT2D eigenvalue weighted by Crippen LogP contribution is 2.49. The molecule has 3 aromatic rings. The van der Waals surface area contributed by atoms with Gasteiger partial charge in [-0.3, -0.25) is 4.90 Å². The van der Waals surface area contributed by atoms with Crippen LogP contribution in [0.4, 0.5) is 4.79 Å². The van der Waals surface area contributed by atoms with Gasteiger partial charge in [-0.2, -0.15) is 0 Å². The molecular weight excluding hydrogens is 456 g/mol. The number of aromatic nitrogens is 1. The van der Waals surface area contributed by atoms with Gasteiger partial charge >= 0.3 is 6.03 Å². The molecule has 2 N–H and O–H groups in total. The number of aryl methyl sites for hydroxylation is 1. The van der Waals surface area contributed by atoms with Crippen molar-refractivity contribution in [2.75, 3.05) is 47.0 Å². The Kier molecular flexibility index (Phi) is 6.57. The second-order valence-electron chi connectivity index (χ2n) is 10.0. The number of carbonyl (C=O) groups is 1. The summed E-state index contributed by atoms with van der Waals surface area (Å²) in [6, 6.07) is 13.8. The topological polar surface area (TPSA) is 79.2 Å². The van der Waals surface area contributed by atoms with Crippen LogP contribution in [0.1, 0.15) is 36.2 Å². The molecule has 2 aromatic carbocycles. The fraction of sp³-hybridized carbons (Fsp3) is 0.464. The Labute approximate surface area is 212 Å². The van der Waals surface area contributed by atoms with Crippen molar-refractivity contribution >= 4 is 16.9 Å². The molecule has 5 rings (SSSR count). The highest BCUT2D eigenvalue weighted by Gasteiger charge is 2.54. The van der Waals surface area contributed by atoms with Crippen molar-refractivity contribution in [3.8, 4) is 11.5 Å². The average Bonchev–Trinajstić information content (AvgIpc) is 3.18. The van der Waals surface area contributed by atoms with Crippen molar-refractivity contribution in [1.29, 1.82) is 0 Å². The molecule has 2 aliphatic heterocycles. The monoisotopic (exact) mass is 492 g/mol. The van der Waals surface area contributed by atoms with Gasteiger partial charge in [-0.15, -0.1) is 0 Å². The van der Waals surface area contributed by atoms with Gasteiger partial charge in [-0.05, 0) is 41.8 Å². The van der Waals surface area contributed by atoms with Crippen LogP contribution in [0, 0.1) is 0 Å². The molecule has 2 amide bonds. The Bertz CT molecular complexity index is 1260. The van der Waals surface area contributed by atoms with E-state index in [1.807, 2.05) is 43.1 Å². The van der Waals surface area contributed by atoms with Crippen LogP contribution in [-0.4, -0.2) is 72.5 Å². The van der Waals surface area contributed by atoms with E-state index in [9.17, 15) is 9.90 Å². The second kappa shape index (κ2) is 9.67. The van der Waals surface area contributed by atoms with Crippen molar-refractivity contribution in [2.24, 2.45) is 7.05 Å². The number of fused-ring (bicyclic) bond motifs is 4. The summed E-state index contributed by atoms with van der Waals surface area (Å²) in [7, 11) is 5.38. The number of hydrogen-bond donors (Lipinski definition) is 2. The maximum absolute atomic E-state index is 13.3. The Hall–Kier alpha value is -3.23. The van der Waals surface area contributed by atoms with Crippen LogP contribution in [0.25, 0.3) is 10.9 Å². The number of methoxy groups -OCH3 is 2. The summed E-state index contributed by atoms with van der Waals surface area (Å²) in [4.78, 5) is 17.5. The van der Waals surface area contributed by atoms with E-state index >= 15 is 0 Å². The normalized spacial score (nSPS) is 18.7. The first-order valence-corrected chi connectivity index (χ1v) is 12.6. The zero-order valence-corrected chi connectivity index (χ0v) is 21.6. The van der Waals surface area contributed by atoms with E-state index in [-0.39, 0.29) is 18.1 Å². The number of aliphatic hydroxyl groups excluding tert-OH is 1. The summed E-state index contributed by atoms with van der Waals surface area (Å²) in [5.74, 6) is 1.65. The molecule has 1 fully saturated rings. The molecule has 1 spiro atoms. The highest BCUT2D eigenvalue weighted by molar-refractivity contribution is 5.90. The quantitative estimate of drug-likeness (QED) is 0.529. The molecule has 0 radical (unpaired) electrons. The van der Waals surface area contributed by atoms with Crippen LogP contribution >= 0.6 is 0 Å². The van der Waals surface area contributed by atoms with Gasteiger partial charge in [-0.25, -0.2) is 4.79 Å². The summed E-state index contributed by atoms with van der Waals surface area (Å²) in [6.07, 6.45) is 0.863. The standard InChI is InChI=1S/C28H36N4O4/c1-5-11-29-27(34)32-18-28(16-31(17-28)14-19-7-6-8-20(12-19)35-3)25-22-10-9-21(36-4)13-23(22)30(2)26(25)24(32)15-33/h6-10,12-13,24,33H,5,11,14-18H2,1-4H3,(H,29,34)/t24-/m0/s1. The number of hydrogen-bond acceptors (Lipinski definition) is 5. The second-order valence-corrected chi connectivity index (χ2v) is 10.0. The lowest BCUT2D eigenvalue weighted by atomic mass is 9.68. The number of amides is 2. The third kappa shape index (κ3) is 3.98. The molecule has 0 saturated carbocycles. The van der Waals surface area contributed by atoms with Gasteiger partial charge in [0.1, 0.15) is 11.5 Å². The molecule has 1 atom stereocenters. The van der Waals surface area contributed by atoms with Gasteiger partial charge in [-0.1, -0.05) is 19.1 Å². The summed E-state index contributed by atoms with van der Waals surface area (Å²) in [5.41, 5.74) is 4.31. The van der Waals surface area contributed by atoms with Crippen molar-refractivity contribution in [3.63, 3.8) is 0 Å². The van der Waals surface area contributed by atoms with Gasteiger partial charge < -0.3 is 29.4 Å². The lowest BCUT2D eigenvalue weighted by Crippen LogP contribution is -2.67. The first-order chi connectivity index (χ1) is 17.4. The SMILES string of the molecule is CCCNC(=O)N1CC2(CN(Cc3cccc(OC)c3)C2)c2c(n(C)c3cc(OC)ccc23)[C@@H]1CO. The first kappa shape index (κ1) is 24.5. The van der Waals surface area contributed by atoms with E-state index in [1.165, 1.54) is 16.5 Å². The van der Waals surface area contributed by atoms with Crippen LogP contribution in [0.15, 0.2) is 42.5 Å². The molecular formula is C28H36N4O4. The van der Waals surface area contributed by atoms with Gasteiger partial charge in [0.2, 0.25) is 0 Å². The number of rotatable bonds is 7. The number of nitrogens with zero attached hydrogens (tertiary/aromatic N) is 3. The molecule has 36 heavy (non-hydrogen) atoms. The summed E-state index contributed by atoms with van der Waals surface area (Å²) >= 11 is 0. The average molecular weight is 493 g/mol. The lowest BCUT2D eigenvalue weighted by Gasteiger charge is -2.56. The number of benzene rings is 2. The molecule has 8 nitrogen and oxygen atoms in total. The van der Waals surface area contributed by atoms with E-state index in [2.05, 4.69) is 33.0 Å². The third-order valence-corrected chi connectivity index (χ3v) is 7.70. The minimum atomic E-state index is -0.404. The van der Waals surface area contributed by atoms with Crippen molar-refractivity contribution < 1.29 is 19.4 Å². The number of urea groups is 1. The van der Waals surface area contributed by atoms with E-state index < -0.39 is 6.04 Å². The van der Waals surface area contributed by atoms with Crippen LogP contribution in [-0.2, 0) is 19.0 Å². The zero-order chi connectivity index (χ0) is 25.4. The zero-order valence-electron chi connectivity index (χ0n) is 21.6. The Morgan fingerprint density at radius 3 is 2.56 bits per heavy atom. The van der Waals surface area contributed by atoms with Gasteiger partial charge in [0.15, 0.2) is 0 Å². The molecule has 0 aliphatic carbocycles. The number of aliphatic hydroxyl groups is 1.